The number of carbonyl (C=O) groups excluding carboxylic acids is 3. The van der Waals surface area contributed by atoms with Gasteiger partial charge < -0.3 is 18.9 Å². The summed E-state index contributed by atoms with van der Waals surface area (Å²) in [4.78, 5) is 39.8. The normalized spacial score (nSPS) is 16.9. The predicted octanol–water partition coefficient (Wildman–Crippen LogP) is 2.66. The summed E-state index contributed by atoms with van der Waals surface area (Å²) in [7, 11) is 3.05. The molecule has 1 aromatic rings. The molecule has 2 heterocycles. The average molecular weight is 392 g/mol. The zero-order chi connectivity index (χ0) is 21.2. The van der Waals surface area contributed by atoms with Crippen LogP contribution in [0.4, 0.5) is 0 Å². The maximum atomic E-state index is 13.2. The van der Waals surface area contributed by atoms with Crippen molar-refractivity contribution in [1.82, 2.24) is 9.47 Å². The number of hydrogen-bond donors (Lipinski definition) is 0. The highest BCUT2D eigenvalue weighted by atomic mass is 16.5. The largest absolute Gasteiger partial charge is 0.464 e. The van der Waals surface area contributed by atoms with Crippen molar-refractivity contribution in [2.24, 2.45) is 12.5 Å². The van der Waals surface area contributed by atoms with Crippen LogP contribution in [0.25, 0.3) is 0 Å². The SMILES string of the molecule is COC(=O)c1c(C)c(C(=O)CN(C[C@@H]2CCCO2)C(=O)C(C)(C)C)c(C)n1C. The molecule has 1 aromatic heterocycles. The summed E-state index contributed by atoms with van der Waals surface area (Å²) >= 11 is 0. The van der Waals surface area contributed by atoms with Crippen molar-refractivity contribution in [2.75, 3.05) is 26.8 Å². The summed E-state index contributed by atoms with van der Waals surface area (Å²) in [6.45, 7) is 10.1. The molecule has 1 fully saturated rings. The number of esters is 1. The Bertz CT molecular complexity index is 767. The Balaban J connectivity index is 2.32. The number of amides is 1. The Kier molecular flexibility index (Phi) is 6.70. The molecule has 7 heteroatoms. The molecule has 1 aliphatic rings. The second-order valence-corrected chi connectivity index (χ2v) is 8.48. The smallest absolute Gasteiger partial charge is 0.354 e. The third kappa shape index (κ3) is 4.46. The van der Waals surface area contributed by atoms with Crippen LogP contribution in [0.2, 0.25) is 0 Å². The van der Waals surface area contributed by atoms with Crippen LogP contribution < -0.4 is 0 Å². The fourth-order valence-electron chi connectivity index (χ4n) is 3.75. The molecule has 1 atom stereocenters. The molecule has 7 nitrogen and oxygen atoms in total. The Morgan fingerprint density at radius 2 is 1.89 bits per heavy atom. The van der Waals surface area contributed by atoms with Crippen LogP contribution >= 0.6 is 0 Å². The molecule has 0 bridgehead atoms. The van der Waals surface area contributed by atoms with Gasteiger partial charge in [0.25, 0.3) is 0 Å². The number of carbonyl (C=O) groups is 3. The number of hydrogen-bond acceptors (Lipinski definition) is 5. The predicted molar refractivity (Wildman–Crippen MR) is 106 cm³/mol. The van der Waals surface area contributed by atoms with Crippen molar-refractivity contribution >= 4 is 17.7 Å². The van der Waals surface area contributed by atoms with Gasteiger partial charge in [0.1, 0.15) is 5.69 Å². The first kappa shape index (κ1) is 22.1. The molecule has 1 saturated heterocycles. The lowest BCUT2D eigenvalue weighted by atomic mass is 9.94. The molecule has 0 aromatic carbocycles. The minimum Gasteiger partial charge on any atom is -0.464 e. The second-order valence-electron chi connectivity index (χ2n) is 8.48. The van der Waals surface area contributed by atoms with Crippen molar-refractivity contribution < 1.29 is 23.9 Å². The molecule has 0 spiro atoms. The van der Waals surface area contributed by atoms with Gasteiger partial charge in [-0.3, -0.25) is 9.59 Å². The summed E-state index contributed by atoms with van der Waals surface area (Å²) in [6, 6.07) is 0. The second kappa shape index (κ2) is 8.47. The molecule has 0 unspecified atom stereocenters. The van der Waals surface area contributed by atoms with Gasteiger partial charge in [0, 0.05) is 36.9 Å². The van der Waals surface area contributed by atoms with Gasteiger partial charge >= 0.3 is 5.97 Å². The molecule has 28 heavy (non-hydrogen) atoms. The molecule has 0 saturated carbocycles. The minimum atomic E-state index is -0.600. The van der Waals surface area contributed by atoms with Crippen molar-refractivity contribution in [3.63, 3.8) is 0 Å². The van der Waals surface area contributed by atoms with Gasteiger partial charge in [-0.25, -0.2) is 4.79 Å². The number of Topliss-reactive ketones (excluding diaryl/α,β-unsaturated/α-hetero) is 1. The third-order valence-electron chi connectivity index (χ3n) is 5.30. The highest BCUT2D eigenvalue weighted by molar-refractivity contribution is 6.04. The lowest BCUT2D eigenvalue weighted by molar-refractivity contribution is -0.140. The average Bonchev–Trinajstić information content (AvgIpc) is 3.19. The first-order valence-electron chi connectivity index (χ1n) is 9.67. The number of aromatic nitrogens is 1. The number of ether oxygens (including phenoxy) is 2. The van der Waals surface area contributed by atoms with Crippen LogP contribution in [0, 0.1) is 19.3 Å². The Labute approximate surface area is 167 Å². The zero-order valence-electron chi connectivity index (χ0n) is 18.0. The van der Waals surface area contributed by atoms with E-state index in [1.165, 1.54) is 7.11 Å². The quantitative estimate of drug-likeness (QED) is 0.549. The van der Waals surface area contributed by atoms with Crippen molar-refractivity contribution in [1.29, 1.82) is 0 Å². The van der Waals surface area contributed by atoms with E-state index in [9.17, 15) is 14.4 Å². The first-order valence-corrected chi connectivity index (χ1v) is 9.67. The summed E-state index contributed by atoms with van der Waals surface area (Å²) < 4.78 is 12.2. The van der Waals surface area contributed by atoms with Crippen LogP contribution in [0.1, 0.15) is 65.7 Å². The van der Waals surface area contributed by atoms with E-state index >= 15 is 0 Å². The Morgan fingerprint density at radius 3 is 2.39 bits per heavy atom. The molecular formula is C21H32N2O5. The number of nitrogens with zero attached hydrogens (tertiary/aromatic N) is 2. The fourth-order valence-corrected chi connectivity index (χ4v) is 3.75. The van der Waals surface area contributed by atoms with Gasteiger partial charge in [-0.15, -0.1) is 0 Å². The summed E-state index contributed by atoms with van der Waals surface area (Å²) in [6.07, 6.45) is 1.82. The lowest BCUT2D eigenvalue weighted by Gasteiger charge is -2.31. The van der Waals surface area contributed by atoms with E-state index in [0.717, 1.165) is 12.8 Å². The van der Waals surface area contributed by atoms with Crippen molar-refractivity contribution in [3.8, 4) is 0 Å². The zero-order valence-corrected chi connectivity index (χ0v) is 18.0. The molecule has 0 aliphatic carbocycles. The monoisotopic (exact) mass is 392 g/mol. The van der Waals surface area contributed by atoms with E-state index in [1.54, 1.807) is 30.4 Å². The molecule has 0 radical (unpaired) electrons. The Hall–Kier alpha value is -2.15. The highest BCUT2D eigenvalue weighted by Gasteiger charge is 2.33. The van der Waals surface area contributed by atoms with Gasteiger partial charge in [-0.05, 0) is 32.3 Å². The number of ketones is 1. The van der Waals surface area contributed by atoms with Crippen molar-refractivity contribution in [2.45, 2.75) is 53.6 Å². The summed E-state index contributed by atoms with van der Waals surface area (Å²) in [5.41, 5.74) is 1.50. The molecule has 0 N–H and O–H groups in total. The van der Waals surface area contributed by atoms with Crippen LogP contribution in [0.3, 0.4) is 0 Å². The van der Waals surface area contributed by atoms with Gasteiger partial charge in [-0.2, -0.15) is 0 Å². The molecular weight excluding hydrogens is 360 g/mol. The van der Waals surface area contributed by atoms with Crippen LogP contribution in [0.15, 0.2) is 0 Å². The van der Waals surface area contributed by atoms with E-state index < -0.39 is 11.4 Å². The molecule has 1 amide bonds. The maximum absolute atomic E-state index is 13.2. The number of rotatable bonds is 6. The van der Waals surface area contributed by atoms with Gasteiger partial charge in [0.05, 0.1) is 19.8 Å². The van der Waals surface area contributed by atoms with E-state index in [4.69, 9.17) is 9.47 Å². The Morgan fingerprint density at radius 1 is 1.25 bits per heavy atom. The molecule has 1 aliphatic heterocycles. The summed E-state index contributed by atoms with van der Waals surface area (Å²) in [5.74, 6) is -0.753. The summed E-state index contributed by atoms with van der Waals surface area (Å²) in [5, 5.41) is 0. The van der Waals surface area contributed by atoms with Gasteiger partial charge in [0.2, 0.25) is 5.91 Å². The van der Waals surface area contributed by atoms with Crippen LogP contribution in [-0.2, 0) is 21.3 Å². The molecule has 156 valence electrons. The third-order valence-corrected chi connectivity index (χ3v) is 5.30. The van der Waals surface area contributed by atoms with Gasteiger partial charge in [-0.1, -0.05) is 20.8 Å². The van der Waals surface area contributed by atoms with E-state index in [1.807, 2.05) is 20.8 Å². The van der Waals surface area contributed by atoms with E-state index in [-0.39, 0.29) is 24.3 Å². The van der Waals surface area contributed by atoms with Crippen LogP contribution in [0.5, 0.6) is 0 Å². The topological polar surface area (TPSA) is 77.8 Å². The van der Waals surface area contributed by atoms with Crippen molar-refractivity contribution in [3.05, 3.63) is 22.5 Å². The number of methoxy groups -OCH3 is 1. The van der Waals surface area contributed by atoms with E-state index in [2.05, 4.69) is 0 Å². The maximum Gasteiger partial charge on any atom is 0.354 e. The highest BCUT2D eigenvalue weighted by Crippen LogP contribution is 2.25. The van der Waals surface area contributed by atoms with Gasteiger partial charge in [0.15, 0.2) is 5.78 Å². The standard InChI is InChI=1S/C21H32N2O5/c1-13-17(14(2)22(6)18(13)19(25)27-7)16(24)12-23(20(26)21(3,4)5)11-15-9-8-10-28-15/h15H,8-12H2,1-7H3/t15-/m0/s1. The fraction of sp³-hybridized carbons (Fsp3) is 0.667. The first-order chi connectivity index (χ1) is 13.0. The minimum absolute atomic E-state index is 0.0392. The van der Waals surface area contributed by atoms with Crippen LogP contribution in [-0.4, -0.2) is 60.0 Å². The van der Waals surface area contributed by atoms with E-state index in [0.29, 0.717) is 35.7 Å². The lowest BCUT2D eigenvalue weighted by Crippen LogP contribution is -2.46. The molecule has 2 rings (SSSR count).